The quantitative estimate of drug-likeness (QED) is 0.268. The van der Waals surface area contributed by atoms with Crippen molar-refractivity contribution < 1.29 is 32.3 Å². The van der Waals surface area contributed by atoms with Crippen molar-refractivity contribution in [3.63, 3.8) is 0 Å². The van der Waals surface area contributed by atoms with Gasteiger partial charge in [0.25, 0.3) is 5.91 Å². The van der Waals surface area contributed by atoms with E-state index >= 15 is 0 Å². The third kappa shape index (κ3) is 6.92. The number of nitrogens with zero attached hydrogens (tertiary/aromatic N) is 3. The summed E-state index contributed by atoms with van der Waals surface area (Å²) in [5.74, 6) is -0.135. The Balaban J connectivity index is 1.80. The number of methoxy groups -OCH3 is 2. The molecule has 1 fully saturated rings. The van der Waals surface area contributed by atoms with Gasteiger partial charge in [0, 0.05) is 25.6 Å². The number of carbonyl (C=O) groups excluding carboxylic acids is 1. The van der Waals surface area contributed by atoms with Gasteiger partial charge < -0.3 is 24.4 Å². The van der Waals surface area contributed by atoms with Crippen LogP contribution < -0.4 is 14.8 Å². The number of sulfonamides is 1. The summed E-state index contributed by atoms with van der Waals surface area (Å²) in [4.78, 5) is 26.5. The van der Waals surface area contributed by atoms with Gasteiger partial charge in [0.2, 0.25) is 15.9 Å². The lowest BCUT2D eigenvalue weighted by Crippen LogP contribution is -2.28. The molecule has 0 radical (unpaired) electrons. The number of amides is 1. The summed E-state index contributed by atoms with van der Waals surface area (Å²) in [6.07, 6.45) is 3.06. The Labute approximate surface area is 191 Å². The Morgan fingerprint density at radius 3 is 2.61 bits per heavy atom. The second-order valence-corrected chi connectivity index (χ2v) is 8.61. The number of nitrogens with one attached hydrogen (secondary N) is 2. The van der Waals surface area contributed by atoms with E-state index in [2.05, 4.69) is 25.2 Å². The van der Waals surface area contributed by atoms with E-state index in [9.17, 15) is 13.2 Å². The minimum atomic E-state index is -3.72. The summed E-state index contributed by atoms with van der Waals surface area (Å²) in [5.41, 5.74) is 0.291. The van der Waals surface area contributed by atoms with Gasteiger partial charge in [0.15, 0.2) is 17.6 Å². The fraction of sp³-hybridized carbons (Fsp3) is 0.400. The van der Waals surface area contributed by atoms with Crippen LogP contribution in [0.4, 0.5) is 5.82 Å². The summed E-state index contributed by atoms with van der Waals surface area (Å²) in [6, 6.07) is 5.69. The molecule has 13 heteroatoms. The van der Waals surface area contributed by atoms with Crippen molar-refractivity contribution in [2.24, 2.45) is 5.16 Å². The molecule has 0 unspecified atom stereocenters. The van der Waals surface area contributed by atoms with Gasteiger partial charge in [-0.15, -0.1) is 0 Å². The smallest absolute Gasteiger partial charge is 0.279 e. The van der Waals surface area contributed by atoms with Crippen LogP contribution >= 0.6 is 0 Å². The Hall–Kier alpha value is -3.13. The molecule has 2 N–H and O–H groups in total. The first-order valence-electron chi connectivity index (χ1n) is 10.0. The number of aromatic nitrogens is 2. The number of oxime groups is 1. The van der Waals surface area contributed by atoms with Gasteiger partial charge >= 0.3 is 0 Å². The average Bonchev–Trinajstić information content (AvgIpc) is 3.34. The van der Waals surface area contributed by atoms with Gasteiger partial charge in [-0.3, -0.25) is 4.79 Å². The molecule has 1 aliphatic heterocycles. The van der Waals surface area contributed by atoms with E-state index in [0.29, 0.717) is 31.1 Å². The highest BCUT2D eigenvalue weighted by Gasteiger charge is 2.22. The predicted octanol–water partition coefficient (Wildman–Crippen LogP) is 0.558. The Bertz CT molecular complexity index is 1050. The number of hydrogen-bond donors (Lipinski definition) is 2. The van der Waals surface area contributed by atoms with Crippen LogP contribution in [0.2, 0.25) is 0 Å². The first-order chi connectivity index (χ1) is 15.9. The molecule has 1 aliphatic rings. The maximum atomic E-state index is 12.9. The molecule has 1 atom stereocenters. The molecule has 1 aromatic heterocycles. The lowest BCUT2D eigenvalue weighted by atomic mass is 10.1. The number of anilines is 1. The highest BCUT2D eigenvalue weighted by Crippen LogP contribution is 2.15. The standard InChI is InChI=1S/C20H25N5O7S/c1-29-10-8-23-33(27,28)16-5-3-14(4-6-16)19(25-32-15-7-9-31-13-15)20(26)24-17-11-22-18(30-2)12-21-17/h3-6,11-12,15,23H,7-10,13H2,1-2H3,(H,21,24,26)/t15-/m1/s1. The van der Waals surface area contributed by atoms with Crippen molar-refractivity contribution in [3.8, 4) is 5.88 Å². The molecule has 1 aromatic carbocycles. The summed E-state index contributed by atoms with van der Waals surface area (Å²) in [6.45, 7) is 1.29. The number of rotatable bonds is 11. The molecular formula is C20H25N5O7S. The summed E-state index contributed by atoms with van der Waals surface area (Å²) in [5, 5.41) is 6.62. The molecule has 0 aliphatic carbocycles. The van der Waals surface area contributed by atoms with Crippen molar-refractivity contribution in [2.75, 3.05) is 45.9 Å². The van der Waals surface area contributed by atoms with Crippen LogP contribution in [0.15, 0.2) is 46.7 Å². The van der Waals surface area contributed by atoms with Gasteiger partial charge in [-0.05, 0) is 12.1 Å². The summed E-state index contributed by atoms with van der Waals surface area (Å²) < 4.78 is 42.2. The highest BCUT2D eigenvalue weighted by molar-refractivity contribution is 7.89. The maximum absolute atomic E-state index is 12.9. The van der Waals surface area contributed by atoms with Crippen molar-refractivity contribution in [1.82, 2.24) is 14.7 Å². The molecule has 178 valence electrons. The van der Waals surface area contributed by atoms with Crippen LogP contribution in [-0.4, -0.2) is 76.7 Å². The average molecular weight is 480 g/mol. The molecule has 3 rings (SSSR count). The number of ether oxygens (including phenoxy) is 3. The molecule has 12 nitrogen and oxygen atoms in total. The Kier molecular flexibility index (Phi) is 8.65. The van der Waals surface area contributed by atoms with Gasteiger partial charge in [-0.1, -0.05) is 17.3 Å². The molecule has 2 aromatic rings. The molecule has 0 spiro atoms. The minimum absolute atomic E-state index is 0.0354. The van der Waals surface area contributed by atoms with Crippen LogP contribution in [0.5, 0.6) is 5.88 Å². The third-order valence-electron chi connectivity index (χ3n) is 4.51. The molecule has 0 bridgehead atoms. The fourth-order valence-corrected chi connectivity index (χ4v) is 3.78. The second kappa shape index (κ2) is 11.7. The number of hydrogen-bond acceptors (Lipinski definition) is 10. The first-order valence-corrected chi connectivity index (χ1v) is 11.5. The van der Waals surface area contributed by atoms with Crippen LogP contribution in [0.3, 0.4) is 0 Å². The molecule has 0 saturated carbocycles. The largest absolute Gasteiger partial charge is 0.480 e. The maximum Gasteiger partial charge on any atom is 0.279 e. The summed E-state index contributed by atoms with van der Waals surface area (Å²) >= 11 is 0. The molecular weight excluding hydrogens is 454 g/mol. The minimum Gasteiger partial charge on any atom is -0.480 e. The van der Waals surface area contributed by atoms with Crippen molar-refractivity contribution >= 4 is 27.5 Å². The molecule has 2 heterocycles. The zero-order chi connectivity index (χ0) is 23.7. The molecule has 33 heavy (non-hydrogen) atoms. The zero-order valence-corrected chi connectivity index (χ0v) is 19.0. The van der Waals surface area contributed by atoms with E-state index < -0.39 is 15.9 Å². The fourth-order valence-electron chi connectivity index (χ4n) is 2.76. The monoisotopic (exact) mass is 479 g/mol. The van der Waals surface area contributed by atoms with E-state index in [1.165, 1.54) is 50.9 Å². The van der Waals surface area contributed by atoms with E-state index in [0.717, 1.165) is 0 Å². The van der Waals surface area contributed by atoms with E-state index in [-0.39, 0.29) is 35.7 Å². The number of carbonyl (C=O) groups is 1. The normalized spacial score (nSPS) is 16.4. The van der Waals surface area contributed by atoms with Crippen molar-refractivity contribution in [2.45, 2.75) is 17.4 Å². The van der Waals surface area contributed by atoms with E-state index in [1.54, 1.807) is 0 Å². The second-order valence-electron chi connectivity index (χ2n) is 6.84. The van der Waals surface area contributed by atoms with Gasteiger partial charge in [0.1, 0.15) is 0 Å². The zero-order valence-electron chi connectivity index (χ0n) is 18.2. The highest BCUT2D eigenvalue weighted by atomic mass is 32.2. The van der Waals surface area contributed by atoms with Crippen LogP contribution in [0, 0.1) is 0 Å². The van der Waals surface area contributed by atoms with E-state index in [1.807, 2.05) is 0 Å². The molecule has 1 saturated heterocycles. The van der Waals surface area contributed by atoms with Gasteiger partial charge in [-0.2, -0.15) is 0 Å². The molecule has 1 amide bonds. The van der Waals surface area contributed by atoms with Crippen LogP contribution in [0.25, 0.3) is 0 Å². The van der Waals surface area contributed by atoms with Crippen LogP contribution in [-0.2, 0) is 29.1 Å². The lowest BCUT2D eigenvalue weighted by Gasteiger charge is -2.11. The third-order valence-corrected chi connectivity index (χ3v) is 5.99. The predicted molar refractivity (Wildman–Crippen MR) is 118 cm³/mol. The Morgan fingerprint density at radius 1 is 1.21 bits per heavy atom. The summed E-state index contributed by atoms with van der Waals surface area (Å²) in [7, 11) is -0.793. The van der Waals surface area contributed by atoms with Gasteiger partial charge in [-0.25, -0.2) is 23.1 Å². The number of benzene rings is 1. The van der Waals surface area contributed by atoms with Crippen molar-refractivity contribution in [1.29, 1.82) is 0 Å². The van der Waals surface area contributed by atoms with Crippen LogP contribution in [0.1, 0.15) is 12.0 Å². The van der Waals surface area contributed by atoms with Gasteiger partial charge in [0.05, 0.1) is 44.2 Å². The first kappa shape index (κ1) is 24.5. The Morgan fingerprint density at radius 2 is 2.00 bits per heavy atom. The van der Waals surface area contributed by atoms with Crippen molar-refractivity contribution in [3.05, 3.63) is 42.2 Å². The SMILES string of the molecule is COCCNS(=O)(=O)c1ccc(C(=NO[C@@H]2CCOC2)C(=O)Nc2cnc(OC)cn2)cc1. The van der Waals surface area contributed by atoms with E-state index in [4.69, 9.17) is 19.0 Å². The lowest BCUT2D eigenvalue weighted by molar-refractivity contribution is -0.110. The topological polar surface area (TPSA) is 150 Å².